The fourth-order valence-electron chi connectivity index (χ4n) is 3.75. The quantitative estimate of drug-likeness (QED) is 0.170. The van der Waals surface area contributed by atoms with Crippen LogP contribution in [-0.2, 0) is 29.6 Å². The summed E-state index contributed by atoms with van der Waals surface area (Å²) >= 11 is 6.28. The molecule has 4 atom stereocenters. The Labute approximate surface area is 193 Å². The maximum absolute atomic E-state index is 11.9. The van der Waals surface area contributed by atoms with Crippen LogP contribution in [0.2, 0.25) is 0 Å². The van der Waals surface area contributed by atoms with Crippen LogP contribution in [0.5, 0.6) is 0 Å². The number of amides is 4. The van der Waals surface area contributed by atoms with Crippen molar-refractivity contribution in [2.45, 2.75) is 75.1 Å². The normalized spacial score (nSPS) is 24.0. The average Bonchev–Trinajstić information content (AvgIpc) is 3.24. The molecule has 2 saturated heterocycles. The Balaban J connectivity index is 1.38. The standard InChI is InChI=1S/C19H34N4O5S3/c24-16(21-11-6-12-31(27,28)29)8-2-1-5-10-20-17(25)9-4-3-7-15-18-14(13-30-15)22-19(26)23-18/h14-15,18H,1-13H2,(H,20,25)(H,21,24)(H2,22,23,26)(H,27,28,29)/t14-,15-,18-/m0/s1. The molecule has 12 heteroatoms. The van der Waals surface area contributed by atoms with Crippen molar-refractivity contribution >= 4 is 49.6 Å². The average molecular weight is 495 g/mol. The van der Waals surface area contributed by atoms with E-state index < -0.39 is 8.77 Å². The highest BCUT2D eigenvalue weighted by molar-refractivity contribution is 8.29. The summed E-state index contributed by atoms with van der Waals surface area (Å²) in [6.45, 7) is 0.972. The highest BCUT2D eigenvalue weighted by Gasteiger charge is 2.42. The van der Waals surface area contributed by atoms with Crippen LogP contribution in [0.15, 0.2) is 0 Å². The minimum atomic E-state index is -3.14. The molecule has 4 amide bonds. The smallest absolute Gasteiger partial charge is 0.315 e. The molecule has 2 aliphatic rings. The van der Waals surface area contributed by atoms with Gasteiger partial charge in [-0.05, 0) is 32.1 Å². The van der Waals surface area contributed by atoms with Gasteiger partial charge in [0.2, 0.25) is 11.8 Å². The molecule has 0 aliphatic carbocycles. The van der Waals surface area contributed by atoms with E-state index in [2.05, 4.69) is 32.5 Å². The van der Waals surface area contributed by atoms with Crippen molar-refractivity contribution in [1.82, 2.24) is 21.3 Å². The molecule has 0 bridgehead atoms. The molecule has 1 unspecified atom stereocenters. The minimum Gasteiger partial charge on any atom is -0.356 e. The lowest BCUT2D eigenvalue weighted by Crippen LogP contribution is -2.36. The second-order valence-electron chi connectivity index (χ2n) is 8.02. The first-order valence-corrected chi connectivity index (χ1v) is 14.6. The maximum atomic E-state index is 11.9. The number of carbonyl (C=O) groups is 3. The molecule has 2 fully saturated rings. The van der Waals surface area contributed by atoms with Gasteiger partial charge in [0.15, 0.2) is 0 Å². The molecule has 2 heterocycles. The number of hydrogen-bond acceptors (Lipinski definition) is 6. The molecule has 2 rings (SSSR count). The Morgan fingerprint density at radius 1 is 1.03 bits per heavy atom. The Morgan fingerprint density at radius 3 is 2.35 bits per heavy atom. The molecule has 2 aliphatic heterocycles. The zero-order valence-corrected chi connectivity index (χ0v) is 20.2. The van der Waals surface area contributed by atoms with Gasteiger partial charge >= 0.3 is 6.03 Å². The van der Waals surface area contributed by atoms with Crippen LogP contribution in [0.1, 0.15) is 57.8 Å². The number of urea groups is 1. The van der Waals surface area contributed by atoms with E-state index in [0.29, 0.717) is 37.6 Å². The third-order valence-corrected chi connectivity index (χ3v) is 8.20. The van der Waals surface area contributed by atoms with Crippen LogP contribution in [0.3, 0.4) is 0 Å². The minimum absolute atomic E-state index is 0.0124. The van der Waals surface area contributed by atoms with E-state index in [9.17, 15) is 18.6 Å². The number of rotatable bonds is 15. The molecule has 0 aromatic rings. The summed E-state index contributed by atoms with van der Waals surface area (Å²) in [6.07, 6.45) is 6.57. The van der Waals surface area contributed by atoms with Crippen molar-refractivity contribution in [3.05, 3.63) is 0 Å². The number of carbonyl (C=O) groups excluding carboxylic acids is 3. The molecule has 178 valence electrons. The zero-order chi connectivity index (χ0) is 22.7. The van der Waals surface area contributed by atoms with Crippen molar-refractivity contribution in [2.24, 2.45) is 0 Å². The second-order valence-corrected chi connectivity index (χ2v) is 12.4. The van der Waals surface area contributed by atoms with E-state index in [1.807, 2.05) is 11.8 Å². The Hall–Kier alpha value is -1.11. The molecule has 0 aromatic carbocycles. The van der Waals surface area contributed by atoms with Crippen molar-refractivity contribution in [2.75, 3.05) is 24.6 Å². The van der Waals surface area contributed by atoms with Crippen LogP contribution in [0.25, 0.3) is 0 Å². The van der Waals surface area contributed by atoms with Crippen LogP contribution in [0, 0.1) is 0 Å². The first kappa shape index (κ1) is 26.1. The van der Waals surface area contributed by atoms with Crippen molar-refractivity contribution in [3.63, 3.8) is 0 Å². The molecule has 0 radical (unpaired) electrons. The number of fused-ring (bicyclic) bond motifs is 1. The zero-order valence-electron chi connectivity index (χ0n) is 17.7. The van der Waals surface area contributed by atoms with Gasteiger partial charge in [0, 0.05) is 48.1 Å². The summed E-state index contributed by atoms with van der Waals surface area (Å²) in [6, 6.07) is 0.401. The Bertz CT molecular complexity index is 719. The van der Waals surface area contributed by atoms with E-state index in [4.69, 9.17) is 4.55 Å². The molecule has 0 aromatic heterocycles. The highest BCUT2D eigenvalue weighted by Crippen LogP contribution is 2.33. The Morgan fingerprint density at radius 2 is 1.68 bits per heavy atom. The molecule has 5 N–H and O–H groups in total. The summed E-state index contributed by atoms with van der Waals surface area (Å²) in [4.78, 5) is 35.0. The van der Waals surface area contributed by atoms with Gasteiger partial charge in [0.1, 0.15) is 8.77 Å². The van der Waals surface area contributed by atoms with Gasteiger partial charge in [0.05, 0.1) is 17.8 Å². The largest absolute Gasteiger partial charge is 0.356 e. The first-order valence-electron chi connectivity index (χ1n) is 10.9. The summed E-state index contributed by atoms with van der Waals surface area (Å²) < 4.78 is 19.9. The number of unbranched alkanes of at least 4 members (excludes halogenated alkanes) is 3. The van der Waals surface area contributed by atoms with Gasteiger partial charge in [-0.2, -0.15) is 11.8 Å². The van der Waals surface area contributed by atoms with Gasteiger partial charge in [-0.1, -0.05) is 12.8 Å². The van der Waals surface area contributed by atoms with E-state index in [0.717, 1.165) is 44.3 Å². The molecule has 31 heavy (non-hydrogen) atoms. The SMILES string of the molecule is O=C(CCCC[C@@H]1SC[C@@H]2NC(=O)N[C@@H]21)NCCCCCC(=O)NCCCS(=O)(O)=S. The lowest BCUT2D eigenvalue weighted by Gasteiger charge is -2.16. The van der Waals surface area contributed by atoms with E-state index >= 15 is 0 Å². The number of hydrogen-bond donors (Lipinski definition) is 5. The van der Waals surface area contributed by atoms with E-state index in [1.165, 1.54) is 0 Å². The summed E-state index contributed by atoms with van der Waals surface area (Å²) in [5.41, 5.74) is 0. The van der Waals surface area contributed by atoms with Crippen LogP contribution < -0.4 is 21.3 Å². The summed E-state index contributed by atoms with van der Waals surface area (Å²) in [7, 11) is -3.14. The van der Waals surface area contributed by atoms with Gasteiger partial charge in [0.25, 0.3) is 0 Å². The number of thioether (sulfide) groups is 1. The van der Waals surface area contributed by atoms with Gasteiger partial charge < -0.3 is 25.8 Å². The Kier molecular flexibility index (Phi) is 11.3. The third-order valence-electron chi connectivity index (χ3n) is 5.38. The monoisotopic (exact) mass is 494 g/mol. The van der Waals surface area contributed by atoms with E-state index in [-0.39, 0.29) is 35.7 Å². The van der Waals surface area contributed by atoms with Crippen molar-refractivity contribution < 1.29 is 23.1 Å². The maximum Gasteiger partial charge on any atom is 0.315 e. The van der Waals surface area contributed by atoms with E-state index in [1.54, 1.807) is 0 Å². The van der Waals surface area contributed by atoms with Crippen LogP contribution in [0.4, 0.5) is 4.79 Å². The molecule has 9 nitrogen and oxygen atoms in total. The second kappa shape index (κ2) is 13.4. The van der Waals surface area contributed by atoms with Crippen molar-refractivity contribution in [1.29, 1.82) is 0 Å². The van der Waals surface area contributed by atoms with Crippen molar-refractivity contribution in [3.8, 4) is 0 Å². The predicted octanol–water partition coefficient (Wildman–Crippen LogP) is 1.11. The first-order chi connectivity index (χ1) is 14.7. The number of nitrogens with one attached hydrogen (secondary N) is 4. The fraction of sp³-hybridized carbons (Fsp3) is 0.842. The molecular weight excluding hydrogens is 460 g/mol. The molecular formula is C19H34N4O5S3. The van der Waals surface area contributed by atoms with Gasteiger partial charge in [-0.3, -0.25) is 9.59 Å². The lowest BCUT2D eigenvalue weighted by atomic mass is 10.0. The summed E-state index contributed by atoms with van der Waals surface area (Å²) in [5.74, 6) is 0.960. The van der Waals surface area contributed by atoms with Crippen LogP contribution in [-0.4, -0.2) is 68.5 Å². The highest BCUT2D eigenvalue weighted by atomic mass is 32.8. The van der Waals surface area contributed by atoms with Crippen LogP contribution >= 0.6 is 11.8 Å². The summed E-state index contributed by atoms with van der Waals surface area (Å²) in [5, 5.41) is 12.0. The fourth-order valence-corrected chi connectivity index (χ4v) is 6.15. The molecule has 0 saturated carbocycles. The lowest BCUT2D eigenvalue weighted by molar-refractivity contribution is -0.122. The topological polar surface area (TPSA) is 137 Å². The van der Waals surface area contributed by atoms with Gasteiger partial charge in [-0.15, -0.1) is 0 Å². The van der Waals surface area contributed by atoms with Gasteiger partial charge in [-0.25, -0.2) is 9.00 Å². The predicted molar refractivity (Wildman–Crippen MR) is 126 cm³/mol. The molecule has 0 spiro atoms. The third kappa shape index (κ3) is 10.8.